The molecule has 0 aliphatic rings. The van der Waals surface area contributed by atoms with E-state index in [1.54, 1.807) is 6.07 Å². The standard InChI is InChI=1S/C13H17N3S/c1-3-4-7-15-13(17)16-12-8-11(9-14)6-5-10(12)2/h5-6,8H,3-4,7H2,1-2H3,(H2,15,16,17). The fraction of sp³-hybridized carbons (Fsp3) is 0.385. The maximum Gasteiger partial charge on any atom is 0.170 e. The first kappa shape index (κ1) is 13.5. The Morgan fingerprint density at radius 3 is 2.88 bits per heavy atom. The average molecular weight is 247 g/mol. The number of benzene rings is 1. The number of anilines is 1. The van der Waals surface area contributed by atoms with Crippen molar-refractivity contribution >= 4 is 23.0 Å². The molecule has 0 atom stereocenters. The fourth-order valence-electron chi connectivity index (χ4n) is 1.37. The van der Waals surface area contributed by atoms with Gasteiger partial charge in [0.15, 0.2) is 5.11 Å². The van der Waals surface area contributed by atoms with Crippen LogP contribution < -0.4 is 10.6 Å². The van der Waals surface area contributed by atoms with Crippen molar-refractivity contribution in [2.75, 3.05) is 11.9 Å². The highest BCUT2D eigenvalue weighted by Crippen LogP contribution is 2.16. The number of aryl methyl sites for hydroxylation is 1. The van der Waals surface area contributed by atoms with Crippen molar-refractivity contribution < 1.29 is 0 Å². The number of thiocarbonyl (C=S) groups is 1. The van der Waals surface area contributed by atoms with Crippen molar-refractivity contribution in [1.29, 1.82) is 5.26 Å². The average Bonchev–Trinajstić information content (AvgIpc) is 2.32. The molecule has 17 heavy (non-hydrogen) atoms. The topological polar surface area (TPSA) is 47.8 Å². The Hall–Kier alpha value is -1.60. The van der Waals surface area contributed by atoms with Gasteiger partial charge in [-0.3, -0.25) is 0 Å². The minimum absolute atomic E-state index is 0.608. The van der Waals surface area contributed by atoms with Gasteiger partial charge < -0.3 is 10.6 Å². The van der Waals surface area contributed by atoms with E-state index >= 15 is 0 Å². The van der Waals surface area contributed by atoms with Crippen LogP contribution in [0.1, 0.15) is 30.9 Å². The van der Waals surface area contributed by atoms with E-state index in [1.807, 2.05) is 19.1 Å². The van der Waals surface area contributed by atoms with Crippen LogP contribution in [0.5, 0.6) is 0 Å². The second-order valence-corrected chi connectivity index (χ2v) is 4.28. The van der Waals surface area contributed by atoms with Crippen LogP contribution in [0.2, 0.25) is 0 Å². The maximum absolute atomic E-state index is 8.83. The molecule has 0 aliphatic heterocycles. The Morgan fingerprint density at radius 1 is 1.47 bits per heavy atom. The minimum atomic E-state index is 0.608. The lowest BCUT2D eigenvalue weighted by atomic mass is 10.1. The van der Waals surface area contributed by atoms with Crippen LogP contribution in [0.15, 0.2) is 18.2 Å². The quantitative estimate of drug-likeness (QED) is 0.634. The summed E-state index contributed by atoms with van der Waals surface area (Å²) >= 11 is 5.18. The lowest BCUT2D eigenvalue weighted by Crippen LogP contribution is -2.29. The van der Waals surface area contributed by atoms with Crippen molar-refractivity contribution in [3.8, 4) is 6.07 Å². The molecular formula is C13H17N3S. The molecule has 0 aromatic heterocycles. The summed E-state index contributed by atoms with van der Waals surface area (Å²) in [6, 6.07) is 7.64. The molecule has 90 valence electrons. The molecule has 0 spiro atoms. The van der Waals surface area contributed by atoms with E-state index in [0.717, 1.165) is 30.6 Å². The monoisotopic (exact) mass is 247 g/mol. The summed E-state index contributed by atoms with van der Waals surface area (Å²) in [5.41, 5.74) is 2.59. The van der Waals surface area contributed by atoms with Crippen LogP contribution in [0, 0.1) is 18.3 Å². The molecule has 1 rings (SSSR count). The molecule has 1 aromatic rings. The zero-order chi connectivity index (χ0) is 12.7. The molecule has 0 heterocycles. The van der Waals surface area contributed by atoms with Crippen molar-refractivity contribution in [2.45, 2.75) is 26.7 Å². The molecule has 0 unspecified atom stereocenters. The minimum Gasteiger partial charge on any atom is -0.362 e. The van der Waals surface area contributed by atoms with Crippen LogP contribution in [0.3, 0.4) is 0 Å². The van der Waals surface area contributed by atoms with E-state index in [9.17, 15) is 0 Å². The Morgan fingerprint density at radius 2 is 2.24 bits per heavy atom. The molecular weight excluding hydrogens is 230 g/mol. The molecule has 0 bridgehead atoms. The Balaban J connectivity index is 2.61. The molecule has 1 aromatic carbocycles. The first-order valence-corrected chi connectivity index (χ1v) is 6.13. The maximum atomic E-state index is 8.83. The summed E-state index contributed by atoms with van der Waals surface area (Å²) in [4.78, 5) is 0. The molecule has 0 aliphatic carbocycles. The van der Waals surface area contributed by atoms with Crippen LogP contribution >= 0.6 is 12.2 Å². The second-order valence-electron chi connectivity index (χ2n) is 3.88. The van der Waals surface area contributed by atoms with E-state index in [4.69, 9.17) is 17.5 Å². The first-order valence-electron chi connectivity index (χ1n) is 5.73. The number of nitrogens with zero attached hydrogens (tertiary/aromatic N) is 1. The molecule has 4 heteroatoms. The van der Waals surface area contributed by atoms with Gasteiger partial charge in [0.2, 0.25) is 0 Å². The summed E-state index contributed by atoms with van der Waals surface area (Å²) in [7, 11) is 0. The normalized spacial score (nSPS) is 9.47. The predicted molar refractivity (Wildman–Crippen MR) is 75.0 cm³/mol. The summed E-state index contributed by atoms with van der Waals surface area (Å²) < 4.78 is 0. The molecule has 0 saturated heterocycles. The van der Waals surface area contributed by atoms with E-state index < -0.39 is 0 Å². The van der Waals surface area contributed by atoms with E-state index in [1.165, 1.54) is 0 Å². The Bertz CT molecular complexity index is 435. The van der Waals surface area contributed by atoms with Gasteiger partial charge in [-0.1, -0.05) is 19.4 Å². The molecule has 0 amide bonds. The third-order valence-electron chi connectivity index (χ3n) is 2.43. The van der Waals surface area contributed by atoms with Crippen LogP contribution in [0.4, 0.5) is 5.69 Å². The van der Waals surface area contributed by atoms with Gasteiger partial charge in [-0.05, 0) is 43.3 Å². The van der Waals surface area contributed by atoms with E-state index in [0.29, 0.717) is 10.7 Å². The van der Waals surface area contributed by atoms with Gasteiger partial charge in [-0.2, -0.15) is 5.26 Å². The smallest absolute Gasteiger partial charge is 0.170 e. The summed E-state index contributed by atoms with van der Waals surface area (Å²) in [5.74, 6) is 0. The Kier molecular flexibility index (Phi) is 5.44. The van der Waals surface area contributed by atoms with Gasteiger partial charge in [0, 0.05) is 12.2 Å². The van der Waals surface area contributed by atoms with Gasteiger partial charge in [-0.25, -0.2) is 0 Å². The van der Waals surface area contributed by atoms with Gasteiger partial charge in [0.1, 0.15) is 0 Å². The predicted octanol–water partition coefficient (Wildman–Crippen LogP) is 2.95. The van der Waals surface area contributed by atoms with Gasteiger partial charge in [0.25, 0.3) is 0 Å². The summed E-state index contributed by atoms with van der Waals surface area (Å²) in [5, 5.41) is 15.7. The lowest BCUT2D eigenvalue weighted by molar-refractivity contribution is 0.758. The zero-order valence-electron chi connectivity index (χ0n) is 10.2. The van der Waals surface area contributed by atoms with Crippen molar-refractivity contribution in [1.82, 2.24) is 5.32 Å². The Labute approximate surface area is 108 Å². The molecule has 0 radical (unpaired) electrons. The lowest BCUT2D eigenvalue weighted by Gasteiger charge is -2.12. The van der Waals surface area contributed by atoms with Crippen LogP contribution in [0.25, 0.3) is 0 Å². The van der Waals surface area contributed by atoms with Crippen molar-refractivity contribution in [3.05, 3.63) is 29.3 Å². The number of nitriles is 1. The first-order chi connectivity index (χ1) is 8.17. The van der Waals surface area contributed by atoms with Gasteiger partial charge in [-0.15, -0.1) is 0 Å². The third-order valence-corrected chi connectivity index (χ3v) is 2.68. The summed E-state index contributed by atoms with van der Waals surface area (Å²) in [6.07, 6.45) is 2.23. The van der Waals surface area contributed by atoms with E-state index in [-0.39, 0.29) is 0 Å². The highest BCUT2D eigenvalue weighted by molar-refractivity contribution is 7.80. The van der Waals surface area contributed by atoms with Gasteiger partial charge in [0.05, 0.1) is 11.6 Å². The van der Waals surface area contributed by atoms with Gasteiger partial charge >= 0.3 is 0 Å². The third kappa shape index (κ3) is 4.41. The number of unbranched alkanes of at least 4 members (excludes halogenated alkanes) is 1. The molecule has 3 nitrogen and oxygen atoms in total. The van der Waals surface area contributed by atoms with Crippen molar-refractivity contribution in [2.24, 2.45) is 0 Å². The van der Waals surface area contributed by atoms with Crippen molar-refractivity contribution in [3.63, 3.8) is 0 Å². The highest BCUT2D eigenvalue weighted by Gasteiger charge is 2.02. The number of hydrogen-bond acceptors (Lipinski definition) is 2. The van der Waals surface area contributed by atoms with Crippen LogP contribution in [-0.4, -0.2) is 11.7 Å². The second kappa shape index (κ2) is 6.87. The summed E-state index contributed by atoms with van der Waals surface area (Å²) in [6.45, 7) is 5.00. The molecule has 2 N–H and O–H groups in total. The number of nitrogens with one attached hydrogen (secondary N) is 2. The van der Waals surface area contributed by atoms with E-state index in [2.05, 4.69) is 23.6 Å². The molecule has 0 fully saturated rings. The number of hydrogen-bond donors (Lipinski definition) is 2. The van der Waals surface area contributed by atoms with Crippen LogP contribution in [-0.2, 0) is 0 Å². The zero-order valence-corrected chi connectivity index (χ0v) is 11.0. The molecule has 0 saturated carbocycles. The number of rotatable bonds is 4. The largest absolute Gasteiger partial charge is 0.362 e. The fourth-order valence-corrected chi connectivity index (χ4v) is 1.58. The highest BCUT2D eigenvalue weighted by atomic mass is 32.1. The SMILES string of the molecule is CCCCNC(=S)Nc1cc(C#N)ccc1C.